The van der Waals surface area contributed by atoms with Crippen molar-refractivity contribution in [3.8, 4) is 11.5 Å². The zero-order valence-electron chi connectivity index (χ0n) is 11.5. The fourth-order valence-corrected chi connectivity index (χ4v) is 2.81. The van der Waals surface area contributed by atoms with Gasteiger partial charge in [-0.1, -0.05) is 24.4 Å². The number of halogens is 1. The molecule has 2 aromatic rings. The van der Waals surface area contributed by atoms with Crippen LogP contribution in [0.5, 0.6) is 0 Å². The molecule has 106 valence electrons. The number of benzene rings is 1. The predicted molar refractivity (Wildman–Crippen MR) is 73.4 cm³/mol. The second kappa shape index (κ2) is 4.98. The Bertz CT molecular complexity index is 617. The van der Waals surface area contributed by atoms with Crippen LogP contribution in [-0.2, 0) is 5.54 Å². The Balaban J connectivity index is 1.93. The first-order chi connectivity index (χ1) is 9.58. The van der Waals surface area contributed by atoms with Crippen LogP contribution in [0.3, 0.4) is 0 Å². The number of nitrogens with two attached hydrogens (primary N) is 1. The highest BCUT2D eigenvalue weighted by Gasteiger charge is 2.34. The molecule has 0 amide bonds. The average Bonchev–Trinajstić information content (AvgIpc) is 2.90. The highest BCUT2D eigenvalue weighted by Crippen LogP contribution is 2.34. The van der Waals surface area contributed by atoms with Gasteiger partial charge in [0, 0.05) is 5.56 Å². The van der Waals surface area contributed by atoms with Crippen LogP contribution in [0.2, 0.25) is 0 Å². The molecule has 0 radical (unpaired) electrons. The number of aromatic nitrogens is 2. The Hall–Kier alpha value is -1.75. The summed E-state index contributed by atoms with van der Waals surface area (Å²) in [7, 11) is 0. The molecule has 20 heavy (non-hydrogen) atoms. The smallest absolute Gasteiger partial charge is 0.258 e. The number of rotatable bonds is 2. The van der Waals surface area contributed by atoms with Crippen LogP contribution in [0.1, 0.15) is 43.5 Å². The van der Waals surface area contributed by atoms with E-state index in [-0.39, 0.29) is 5.82 Å². The van der Waals surface area contributed by atoms with E-state index in [1.54, 1.807) is 6.07 Å². The topological polar surface area (TPSA) is 64.9 Å². The zero-order chi connectivity index (χ0) is 14.2. The Morgan fingerprint density at radius 3 is 2.70 bits per heavy atom. The summed E-state index contributed by atoms with van der Waals surface area (Å²) in [5.41, 5.74) is 7.44. The van der Waals surface area contributed by atoms with Crippen molar-refractivity contribution in [1.29, 1.82) is 0 Å². The summed E-state index contributed by atoms with van der Waals surface area (Å²) in [6.45, 7) is 1.82. The van der Waals surface area contributed by atoms with Crippen molar-refractivity contribution >= 4 is 0 Å². The van der Waals surface area contributed by atoms with Gasteiger partial charge in [0.2, 0.25) is 0 Å². The van der Waals surface area contributed by atoms with Crippen LogP contribution in [0.25, 0.3) is 11.5 Å². The van der Waals surface area contributed by atoms with E-state index in [1.165, 1.54) is 18.6 Å². The molecule has 0 unspecified atom stereocenters. The molecule has 3 rings (SSSR count). The maximum atomic E-state index is 13.1. The molecule has 1 aliphatic rings. The molecular weight excluding hydrogens is 257 g/mol. The Kier molecular flexibility index (Phi) is 3.30. The lowest BCUT2D eigenvalue weighted by atomic mass is 9.82. The quantitative estimate of drug-likeness (QED) is 0.913. The van der Waals surface area contributed by atoms with Crippen molar-refractivity contribution in [1.82, 2.24) is 10.1 Å². The lowest BCUT2D eigenvalue weighted by Crippen LogP contribution is -2.39. The van der Waals surface area contributed by atoms with E-state index in [0.29, 0.717) is 11.7 Å². The standard InChI is InChI=1S/C15H18FN3O/c1-10-9-11(16)5-6-12(10)13-18-14(19-20-13)15(17)7-3-2-4-8-15/h5-6,9H,2-4,7-8,17H2,1H3. The third kappa shape index (κ3) is 2.33. The molecule has 1 aliphatic carbocycles. The summed E-state index contributed by atoms with van der Waals surface area (Å²) < 4.78 is 18.5. The zero-order valence-corrected chi connectivity index (χ0v) is 11.5. The lowest BCUT2D eigenvalue weighted by Gasteiger charge is -2.29. The molecule has 0 aliphatic heterocycles. The number of aryl methyl sites for hydroxylation is 1. The van der Waals surface area contributed by atoms with E-state index >= 15 is 0 Å². The molecule has 0 saturated heterocycles. The van der Waals surface area contributed by atoms with Gasteiger partial charge in [-0.25, -0.2) is 4.39 Å². The Morgan fingerprint density at radius 2 is 2.00 bits per heavy atom. The van der Waals surface area contributed by atoms with Gasteiger partial charge < -0.3 is 10.3 Å². The van der Waals surface area contributed by atoms with E-state index in [9.17, 15) is 4.39 Å². The average molecular weight is 275 g/mol. The molecular formula is C15H18FN3O. The van der Waals surface area contributed by atoms with E-state index in [2.05, 4.69) is 10.1 Å². The van der Waals surface area contributed by atoms with Gasteiger partial charge in [0.25, 0.3) is 5.89 Å². The highest BCUT2D eigenvalue weighted by molar-refractivity contribution is 5.58. The SMILES string of the molecule is Cc1cc(F)ccc1-c1nc(C2(N)CCCCC2)no1. The number of nitrogens with zero attached hydrogens (tertiary/aromatic N) is 2. The molecule has 2 N–H and O–H groups in total. The Labute approximate surface area is 117 Å². The highest BCUT2D eigenvalue weighted by atomic mass is 19.1. The summed E-state index contributed by atoms with van der Waals surface area (Å²) >= 11 is 0. The van der Waals surface area contributed by atoms with Gasteiger partial charge in [-0.3, -0.25) is 0 Å². The fraction of sp³-hybridized carbons (Fsp3) is 0.467. The molecule has 1 heterocycles. The fourth-order valence-electron chi connectivity index (χ4n) is 2.81. The summed E-state index contributed by atoms with van der Waals surface area (Å²) in [5.74, 6) is 0.706. The van der Waals surface area contributed by atoms with Crippen LogP contribution in [0.4, 0.5) is 4.39 Å². The van der Waals surface area contributed by atoms with Gasteiger partial charge in [-0.15, -0.1) is 0 Å². The Morgan fingerprint density at radius 1 is 1.25 bits per heavy atom. The van der Waals surface area contributed by atoms with E-state index in [0.717, 1.165) is 36.8 Å². The lowest BCUT2D eigenvalue weighted by molar-refractivity contribution is 0.275. The summed E-state index contributed by atoms with van der Waals surface area (Å²) in [6.07, 6.45) is 5.16. The normalized spacial score (nSPS) is 18.1. The van der Waals surface area contributed by atoms with E-state index in [4.69, 9.17) is 10.3 Å². The summed E-state index contributed by atoms with van der Waals surface area (Å²) in [5, 5.41) is 4.05. The van der Waals surface area contributed by atoms with Crippen molar-refractivity contribution in [3.05, 3.63) is 35.4 Å². The molecule has 4 nitrogen and oxygen atoms in total. The van der Waals surface area contributed by atoms with Gasteiger partial charge in [-0.05, 0) is 43.5 Å². The molecule has 1 saturated carbocycles. The molecule has 0 bridgehead atoms. The minimum Gasteiger partial charge on any atom is -0.334 e. The minimum atomic E-state index is -0.478. The van der Waals surface area contributed by atoms with Gasteiger partial charge in [0.1, 0.15) is 5.82 Å². The van der Waals surface area contributed by atoms with Gasteiger partial charge in [-0.2, -0.15) is 4.98 Å². The predicted octanol–water partition coefficient (Wildman–Crippen LogP) is 3.30. The number of hydrogen-bond donors (Lipinski definition) is 1. The first-order valence-corrected chi connectivity index (χ1v) is 6.98. The summed E-state index contributed by atoms with van der Waals surface area (Å²) in [6, 6.07) is 4.51. The van der Waals surface area contributed by atoms with Gasteiger partial charge in [0.05, 0.1) is 5.54 Å². The second-order valence-corrected chi connectivity index (χ2v) is 5.60. The third-order valence-electron chi connectivity index (χ3n) is 4.04. The van der Waals surface area contributed by atoms with Crippen LogP contribution < -0.4 is 5.73 Å². The van der Waals surface area contributed by atoms with E-state index < -0.39 is 5.54 Å². The van der Waals surface area contributed by atoms with Crippen molar-refractivity contribution in [2.24, 2.45) is 5.73 Å². The third-order valence-corrected chi connectivity index (χ3v) is 4.04. The molecule has 0 atom stereocenters. The number of hydrogen-bond acceptors (Lipinski definition) is 4. The van der Waals surface area contributed by atoms with Crippen molar-refractivity contribution < 1.29 is 8.91 Å². The molecule has 0 spiro atoms. The molecule has 1 aromatic heterocycles. The maximum Gasteiger partial charge on any atom is 0.258 e. The van der Waals surface area contributed by atoms with Crippen molar-refractivity contribution in [3.63, 3.8) is 0 Å². The van der Waals surface area contributed by atoms with Crippen LogP contribution in [0.15, 0.2) is 22.7 Å². The molecule has 1 fully saturated rings. The maximum absolute atomic E-state index is 13.1. The van der Waals surface area contributed by atoms with Crippen molar-refractivity contribution in [2.75, 3.05) is 0 Å². The van der Waals surface area contributed by atoms with Crippen LogP contribution in [-0.4, -0.2) is 10.1 Å². The molecule has 1 aromatic carbocycles. The summed E-state index contributed by atoms with van der Waals surface area (Å²) in [4.78, 5) is 4.44. The first-order valence-electron chi connectivity index (χ1n) is 6.98. The second-order valence-electron chi connectivity index (χ2n) is 5.60. The van der Waals surface area contributed by atoms with E-state index in [1.807, 2.05) is 6.92 Å². The van der Waals surface area contributed by atoms with Crippen molar-refractivity contribution in [2.45, 2.75) is 44.6 Å². The van der Waals surface area contributed by atoms with Gasteiger partial charge >= 0.3 is 0 Å². The van der Waals surface area contributed by atoms with Gasteiger partial charge in [0.15, 0.2) is 5.82 Å². The minimum absolute atomic E-state index is 0.270. The largest absolute Gasteiger partial charge is 0.334 e. The van der Waals surface area contributed by atoms with Crippen LogP contribution in [0, 0.1) is 12.7 Å². The van der Waals surface area contributed by atoms with Crippen LogP contribution >= 0.6 is 0 Å². The molecule has 5 heteroatoms. The monoisotopic (exact) mass is 275 g/mol. The first kappa shape index (κ1) is 13.2.